The van der Waals surface area contributed by atoms with E-state index in [1.807, 2.05) is 0 Å². The standard InChI is InChI=1S/C17H12F3NO3.C12H27OP.Eu.H2O/c1-2-21-13-10-6-4-3-5-9(10)7-8-11(13)14(22)12(16(21)24)15(23)17(18,19)20;1-4-7-10-14(13,11-8-5-2)12-9-6-3;;/h3-8,22H,2H2,1H3;4-12H2,1-3H3;;1H2. The molecule has 0 bridgehead atoms. The Kier molecular flexibility index (Phi) is 17.3. The van der Waals surface area contributed by atoms with Gasteiger partial charge in [0, 0.05) is 85.2 Å². The Morgan fingerprint density at radius 3 is 1.82 bits per heavy atom. The smallest absolute Gasteiger partial charge is 0.455 e. The van der Waals surface area contributed by atoms with E-state index in [1.54, 1.807) is 37.3 Å². The summed E-state index contributed by atoms with van der Waals surface area (Å²) in [6.45, 7) is 8.20. The van der Waals surface area contributed by atoms with Crippen LogP contribution in [0.2, 0.25) is 0 Å². The van der Waals surface area contributed by atoms with Gasteiger partial charge in [0.25, 0.3) is 11.3 Å². The first kappa shape index (κ1) is 38.9. The van der Waals surface area contributed by atoms with Crippen molar-refractivity contribution in [1.29, 1.82) is 0 Å². The maximum absolute atomic E-state index is 12.8. The average Bonchev–Trinajstić information content (AvgIpc) is 2.89. The van der Waals surface area contributed by atoms with Crippen molar-refractivity contribution in [3.63, 3.8) is 0 Å². The number of ketones is 1. The number of carbonyl (C=O) groups excluding carboxylic acids is 1. The van der Waals surface area contributed by atoms with E-state index in [9.17, 15) is 32.4 Å². The first-order chi connectivity index (χ1) is 18.0. The summed E-state index contributed by atoms with van der Waals surface area (Å²) in [7, 11) is -1.77. The average molecular weight is 724 g/mol. The van der Waals surface area contributed by atoms with Gasteiger partial charge in [-0.3, -0.25) is 9.59 Å². The number of unbranched alkanes of at least 4 members (excludes halogenated alkanes) is 3. The van der Waals surface area contributed by atoms with Gasteiger partial charge in [0.05, 0.1) is 12.7 Å². The Hall–Kier alpha value is -1.06. The van der Waals surface area contributed by atoms with Crippen molar-refractivity contribution in [3.05, 3.63) is 52.3 Å². The van der Waals surface area contributed by atoms with Gasteiger partial charge >= 0.3 is 6.18 Å². The quantitative estimate of drug-likeness (QED) is 0.125. The predicted octanol–water partition coefficient (Wildman–Crippen LogP) is 7.55. The van der Waals surface area contributed by atoms with E-state index in [2.05, 4.69) is 20.8 Å². The number of aromatic nitrogens is 1. The van der Waals surface area contributed by atoms with Crippen LogP contribution < -0.4 is 5.56 Å². The maximum Gasteiger partial charge on any atom is 0.455 e. The van der Waals surface area contributed by atoms with Crippen LogP contribution >= 0.6 is 7.14 Å². The first-order valence-electron chi connectivity index (χ1n) is 13.4. The van der Waals surface area contributed by atoms with Gasteiger partial charge in [-0.15, -0.1) is 0 Å². The van der Waals surface area contributed by atoms with E-state index in [0.717, 1.165) is 47.7 Å². The summed E-state index contributed by atoms with van der Waals surface area (Å²) in [6, 6.07) is 10.0. The van der Waals surface area contributed by atoms with Crippen LogP contribution in [0.4, 0.5) is 13.2 Å². The molecule has 1 heterocycles. The molecule has 0 saturated heterocycles. The monoisotopic (exact) mass is 724 g/mol. The van der Waals surface area contributed by atoms with Crippen LogP contribution in [0, 0.1) is 49.4 Å². The van der Waals surface area contributed by atoms with E-state index in [0.29, 0.717) is 10.9 Å². The number of aromatic hydroxyl groups is 1. The molecule has 0 aliphatic heterocycles. The fraction of sp³-hybridized carbons (Fsp3) is 0.517. The van der Waals surface area contributed by atoms with Crippen LogP contribution in [0.5, 0.6) is 5.75 Å². The van der Waals surface area contributed by atoms with Crippen molar-refractivity contribution in [2.45, 2.75) is 78.9 Å². The minimum atomic E-state index is -5.24. The van der Waals surface area contributed by atoms with Gasteiger partial charge in [-0.2, -0.15) is 13.2 Å². The summed E-state index contributed by atoms with van der Waals surface area (Å²) in [4.78, 5) is 24.0. The van der Waals surface area contributed by atoms with Crippen molar-refractivity contribution in [2.24, 2.45) is 0 Å². The number of halogens is 3. The molecular weight excluding hydrogens is 682 g/mol. The second kappa shape index (κ2) is 17.8. The molecule has 0 fully saturated rings. The SMILES string of the molecule is CCCCP(=O)(CCCC)CCCC.CCn1c(=O)c(C(=O)C(F)(F)F)c(O)c2ccc3ccccc3c21.O.[Eu]. The number of hydrogen-bond donors (Lipinski definition) is 1. The largest absolute Gasteiger partial charge is 0.506 e. The normalized spacial score (nSPS) is 11.4. The summed E-state index contributed by atoms with van der Waals surface area (Å²) in [5.74, 6) is -3.28. The number of pyridine rings is 1. The molecule has 40 heavy (non-hydrogen) atoms. The minimum Gasteiger partial charge on any atom is -0.506 e. The maximum atomic E-state index is 12.8. The zero-order valence-corrected chi connectivity index (χ0v) is 26.9. The molecule has 3 aromatic rings. The molecule has 225 valence electrons. The summed E-state index contributed by atoms with van der Waals surface area (Å²) >= 11 is 0. The van der Waals surface area contributed by atoms with Gasteiger partial charge < -0.3 is 19.7 Å². The van der Waals surface area contributed by atoms with Gasteiger partial charge in [-0.25, -0.2) is 0 Å². The molecular formula is C29H41EuF3NO5P. The van der Waals surface area contributed by atoms with Gasteiger partial charge in [-0.1, -0.05) is 70.4 Å². The zero-order chi connectivity index (χ0) is 28.5. The molecule has 0 spiro atoms. The molecule has 6 nitrogen and oxygen atoms in total. The summed E-state index contributed by atoms with van der Waals surface area (Å²) in [5, 5.41) is 11.6. The van der Waals surface area contributed by atoms with Crippen LogP contribution in [0.15, 0.2) is 41.2 Å². The summed E-state index contributed by atoms with van der Waals surface area (Å²) in [5.41, 5.74) is -2.09. The molecule has 0 amide bonds. The molecule has 3 N–H and O–H groups in total. The number of carbonyl (C=O) groups is 1. The Labute approximate surface area is 274 Å². The predicted molar refractivity (Wildman–Crippen MR) is 154 cm³/mol. The number of nitrogens with zero attached hydrogens (tertiary/aromatic N) is 1. The third-order valence-electron chi connectivity index (χ3n) is 6.68. The minimum absolute atomic E-state index is 0. The molecule has 1 radical (unpaired) electrons. The fourth-order valence-electron chi connectivity index (χ4n) is 4.53. The van der Waals surface area contributed by atoms with E-state index in [-0.39, 0.29) is 66.8 Å². The van der Waals surface area contributed by atoms with Crippen molar-refractivity contribution in [1.82, 2.24) is 4.57 Å². The molecule has 2 aromatic carbocycles. The van der Waals surface area contributed by atoms with Crippen LogP contribution in [0.25, 0.3) is 21.7 Å². The topological polar surface area (TPSA) is 108 Å². The van der Waals surface area contributed by atoms with Crippen molar-refractivity contribution >= 4 is 34.6 Å². The second-order valence-electron chi connectivity index (χ2n) is 9.57. The molecule has 0 unspecified atom stereocenters. The van der Waals surface area contributed by atoms with Crippen LogP contribution in [0.3, 0.4) is 0 Å². The molecule has 0 atom stereocenters. The number of alkyl halides is 3. The number of benzene rings is 2. The Bertz CT molecular complexity index is 1330. The molecule has 1 aromatic heterocycles. The fourth-order valence-corrected chi connectivity index (χ4v) is 7.88. The van der Waals surface area contributed by atoms with Crippen LogP contribution in [-0.2, 0) is 11.1 Å². The van der Waals surface area contributed by atoms with E-state index in [4.69, 9.17) is 0 Å². The van der Waals surface area contributed by atoms with Gasteiger partial charge in [0.1, 0.15) is 11.3 Å². The van der Waals surface area contributed by atoms with Crippen molar-refractivity contribution in [2.75, 3.05) is 18.5 Å². The van der Waals surface area contributed by atoms with Gasteiger partial charge in [0.2, 0.25) is 0 Å². The number of rotatable bonds is 11. The zero-order valence-electron chi connectivity index (χ0n) is 23.6. The Morgan fingerprint density at radius 1 is 0.875 bits per heavy atom. The molecule has 0 aliphatic carbocycles. The third kappa shape index (κ3) is 9.76. The van der Waals surface area contributed by atoms with E-state index < -0.39 is 36.0 Å². The Balaban J connectivity index is 0.000000829. The van der Waals surface area contributed by atoms with Crippen LogP contribution in [-0.4, -0.2) is 45.6 Å². The number of aryl methyl sites for hydroxylation is 1. The number of Topliss-reactive ketones (excluding diaryl/α,β-unsaturated/α-hetero) is 1. The first-order valence-corrected chi connectivity index (χ1v) is 15.7. The van der Waals surface area contributed by atoms with Gasteiger partial charge in [-0.05, 0) is 37.6 Å². The summed E-state index contributed by atoms with van der Waals surface area (Å²) < 4.78 is 51.9. The summed E-state index contributed by atoms with van der Waals surface area (Å²) in [6.07, 6.45) is 4.79. The molecule has 11 heteroatoms. The van der Waals surface area contributed by atoms with Crippen LogP contribution in [0.1, 0.15) is 76.6 Å². The number of fused-ring (bicyclic) bond motifs is 3. The Morgan fingerprint density at radius 2 is 1.38 bits per heavy atom. The molecule has 0 saturated carbocycles. The molecule has 0 aliphatic rings. The van der Waals surface area contributed by atoms with Crippen molar-refractivity contribution < 1.29 is 82.5 Å². The van der Waals surface area contributed by atoms with Gasteiger partial charge in [0.15, 0.2) is 0 Å². The van der Waals surface area contributed by atoms with Crippen molar-refractivity contribution in [3.8, 4) is 5.75 Å². The van der Waals surface area contributed by atoms with E-state index >= 15 is 0 Å². The third-order valence-corrected chi connectivity index (χ3v) is 10.1. The number of hydrogen-bond acceptors (Lipinski definition) is 4. The molecule has 3 rings (SSSR count). The van der Waals surface area contributed by atoms with E-state index in [1.165, 1.54) is 25.3 Å². The second-order valence-corrected chi connectivity index (χ2v) is 13.0.